The van der Waals surface area contributed by atoms with Gasteiger partial charge in [-0.1, -0.05) is 18.2 Å². The van der Waals surface area contributed by atoms with Crippen molar-refractivity contribution in [1.29, 1.82) is 0 Å². The SMILES string of the molecule is CC1CC2(CC(C)O1)CC(O)c1ccccc1O2. The van der Waals surface area contributed by atoms with Crippen LogP contribution in [0.5, 0.6) is 5.75 Å². The highest BCUT2D eigenvalue weighted by molar-refractivity contribution is 5.38. The van der Waals surface area contributed by atoms with Gasteiger partial charge in [0.2, 0.25) is 0 Å². The Morgan fingerprint density at radius 3 is 2.50 bits per heavy atom. The molecule has 3 atom stereocenters. The Hall–Kier alpha value is -1.06. The van der Waals surface area contributed by atoms with E-state index in [9.17, 15) is 5.11 Å². The Labute approximate surface area is 108 Å². The van der Waals surface area contributed by atoms with Crippen molar-refractivity contribution in [3.63, 3.8) is 0 Å². The third-order valence-corrected chi connectivity index (χ3v) is 3.95. The Bertz CT molecular complexity index is 433. The van der Waals surface area contributed by atoms with Crippen LogP contribution in [0, 0.1) is 0 Å². The fourth-order valence-corrected chi connectivity index (χ4v) is 3.46. The molecule has 1 fully saturated rings. The summed E-state index contributed by atoms with van der Waals surface area (Å²) >= 11 is 0. The highest BCUT2D eigenvalue weighted by atomic mass is 16.5. The summed E-state index contributed by atoms with van der Waals surface area (Å²) in [6.07, 6.45) is 2.32. The molecule has 3 heteroatoms. The standard InChI is InChI=1S/C15H20O3/c1-10-7-15(8-11(2)17-10)9-13(16)12-5-3-4-6-14(12)18-15/h3-6,10-11,13,16H,7-9H2,1-2H3. The minimum Gasteiger partial charge on any atom is -0.487 e. The molecule has 0 bridgehead atoms. The molecule has 0 aliphatic carbocycles. The van der Waals surface area contributed by atoms with E-state index >= 15 is 0 Å². The van der Waals surface area contributed by atoms with Crippen molar-refractivity contribution in [3.05, 3.63) is 29.8 Å². The maximum atomic E-state index is 10.3. The van der Waals surface area contributed by atoms with Gasteiger partial charge in [-0.05, 0) is 19.9 Å². The predicted molar refractivity (Wildman–Crippen MR) is 68.6 cm³/mol. The number of rotatable bonds is 0. The van der Waals surface area contributed by atoms with Crippen LogP contribution in [-0.4, -0.2) is 22.9 Å². The van der Waals surface area contributed by atoms with Crippen LogP contribution < -0.4 is 4.74 Å². The van der Waals surface area contributed by atoms with Crippen LogP contribution >= 0.6 is 0 Å². The van der Waals surface area contributed by atoms with Gasteiger partial charge in [-0.2, -0.15) is 0 Å². The number of aliphatic hydroxyl groups excluding tert-OH is 1. The molecule has 2 heterocycles. The summed E-state index contributed by atoms with van der Waals surface area (Å²) in [7, 11) is 0. The molecular formula is C15H20O3. The molecule has 1 N–H and O–H groups in total. The van der Waals surface area contributed by atoms with Crippen LogP contribution in [0.1, 0.15) is 44.8 Å². The van der Waals surface area contributed by atoms with Crippen molar-refractivity contribution in [2.45, 2.75) is 57.0 Å². The third-order valence-electron chi connectivity index (χ3n) is 3.95. The van der Waals surface area contributed by atoms with E-state index in [0.29, 0.717) is 6.42 Å². The van der Waals surface area contributed by atoms with Crippen LogP contribution in [0.4, 0.5) is 0 Å². The number of hydrogen-bond acceptors (Lipinski definition) is 3. The first-order valence-electron chi connectivity index (χ1n) is 6.69. The molecule has 0 aromatic heterocycles. The van der Waals surface area contributed by atoms with Crippen LogP contribution in [0.2, 0.25) is 0 Å². The molecule has 0 saturated carbocycles. The van der Waals surface area contributed by atoms with Gasteiger partial charge in [0.25, 0.3) is 0 Å². The second-order valence-electron chi connectivity index (χ2n) is 5.71. The van der Waals surface area contributed by atoms with Gasteiger partial charge in [0.1, 0.15) is 11.4 Å². The summed E-state index contributed by atoms with van der Waals surface area (Å²) < 4.78 is 12.0. The van der Waals surface area contributed by atoms with E-state index in [-0.39, 0.29) is 17.8 Å². The lowest BCUT2D eigenvalue weighted by atomic mass is 9.79. The molecule has 2 aliphatic heterocycles. The van der Waals surface area contributed by atoms with Gasteiger partial charge in [-0.3, -0.25) is 0 Å². The van der Waals surface area contributed by atoms with Crippen molar-refractivity contribution in [2.24, 2.45) is 0 Å². The molecule has 3 unspecified atom stereocenters. The van der Waals surface area contributed by atoms with E-state index in [0.717, 1.165) is 24.2 Å². The summed E-state index contributed by atoms with van der Waals surface area (Å²) in [5.74, 6) is 0.831. The van der Waals surface area contributed by atoms with E-state index in [1.54, 1.807) is 0 Å². The monoisotopic (exact) mass is 248 g/mol. The average molecular weight is 248 g/mol. The summed E-state index contributed by atoms with van der Waals surface area (Å²) in [6, 6.07) is 7.79. The van der Waals surface area contributed by atoms with Gasteiger partial charge >= 0.3 is 0 Å². The fourth-order valence-electron chi connectivity index (χ4n) is 3.46. The zero-order chi connectivity index (χ0) is 12.8. The third kappa shape index (κ3) is 2.02. The lowest BCUT2D eigenvalue weighted by molar-refractivity contribution is -0.140. The lowest BCUT2D eigenvalue weighted by Gasteiger charge is -2.46. The molecule has 98 valence electrons. The molecule has 0 amide bonds. The van der Waals surface area contributed by atoms with Gasteiger partial charge in [0, 0.05) is 24.8 Å². The van der Waals surface area contributed by atoms with E-state index in [4.69, 9.17) is 9.47 Å². The normalized spacial score (nSPS) is 39.2. The predicted octanol–water partition coefficient (Wildman–Crippen LogP) is 2.83. The van der Waals surface area contributed by atoms with Crippen molar-refractivity contribution >= 4 is 0 Å². The van der Waals surface area contributed by atoms with E-state index in [1.807, 2.05) is 24.3 Å². The average Bonchev–Trinajstić information content (AvgIpc) is 2.26. The van der Waals surface area contributed by atoms with Crippen molar-refractivity contribution in [2.75, 3.05) is 0 Å². The Kier molecular flexibility index (Phi) is 2.83. The summed E-state index contributed by atoms with van der Waals surface area (Å²) in [6.45, 7) is 4.15. The fraction of sp³-hybridized carbons (Fsp3) is 0.600. The Morgan fingerprint density at radius 1 is 1.11 bits per heavy atom. The van der Waals surface area contributed by atoms with Crippen LogP contribution in [0.15, 0.2) is 24.3 Å². The number of benzene rings is 1. The second-order valence-corrected chi connectivity index (χ2v) is 5.71. The lowest BCUT2D eigenvalue weighted by Crippen LogP contribution is -2.50. The number of para-hydroxylation sites is 1. The number of ether oxygens (including phenoxy) is 2. The molecule has 1 aromatic rings. The molecule has 2 aliphatic rings. The van der Waals surface area contributed by atoms with Gasteiger partial charge < -0.3 is 14.6 Å². The molecule has 0 radical (unpaired) electrons. The molecule has 1 saturated heterocycles. The molecule has 3 nitrogen and oxygen atoms in total. The van der Waals surface area contributed by atoms with E-state index in [2.05, 4.69) is 13.8 Å². The van der Waals surface area contributed by atoms with Gasteiger partial charge in [0.05, 0.1) is 18.3 Å². The van der Waals surface area contributed by atoms with Gasteiger partial charge in [-0.15, -0.1) is 0 Å². The van der Waals surface area contributed by atoms with Crippen LogP contribution in [0.3, 0.4) is 0 Å². The van der Waals surface area contributed by atoms with Crippen LogP contribution in [-0.2, 0) is 4.74 Å². The van der Waals surface area contributed by atoms with Gasteiger partial charge in [-0.25, -0.2) is 0 Å². The van der Waals surface area contributed by atoms with Crippen molar-refractivity contribution in [3.8, 4) is 5.75 Å². The van der Waals surface area contributed by atoms with E-state index in [1.165, 1.54) is 0 Å². The van der Waals surface area contributed by atoms with Gasteiger partial charge in [0.15, 0.2) is 0 Å². The smallest absolute Gasteiger partial charge is 0.125 e. The molecular weight excluding hydrogens is 228 g/mol. The maximum Gasteiger partial charge on any atom is 0.125 e. The Balaban J connectivity index is 1.93. The second kappa shape index (κ2) is 4.25. The minimum atomic E-state index is -0.424. The van der Waals surface area contributed by atoms with Crippen molar-refractivity contribution < 1.29 is 14.6 Å². The zero-order valence-corrected chi connectivity index (χ0v) is 10.9. The number of hydrogen-bond donors (Lipinski definition) is 1. The van der Waals surface area contributed by atoms with Crippen LogP contribution in [0.25, 0.3) is 0 Å². The van der Waals surface area contributed by atoms with Crippen molar-refractivity contribution in [1.82, 2.24) is 0 Å². The first kappa shape index (κ1) is 12.0. The maximum absolute atomic E-state index is 10.3. The van der Waals surface area contributed by atoms with E-state index < -0.39 is 6.10 Å². The molecule has 3 rings (SSSR count). The highest BCUT2D eigenvalue weighted by Crippen LogP contribution is 2.45. The Morgan fingerprint density at radius 2 is 1.78 bits per heavy atom. The summed E-state index contributed by atoms with van der Waals surface area (Å²) in [4.78, 5) is 0. The molecule has 1 aromatic carbocycles. The molecule has 18 heavy (non-hydrogen) atoms. The minimum absolute atomic E-state index is 0.186. The quantitative estimate of drug-likeness (QED) is 0.767. The zero-order valence-electron chi connectivity index (χ0n) is 10.9. The summed E-state index contributed by atoms with van der Waals surface area (Å²) in [5.41, 5.74) is 0.653. The number of fused-ring (bicyclic) bond motifs is 1. The molecule has 1 spiro atoms. The first-order valence-corrected chi connectivity index (χ1v) is 6.69. The topological polar surface area (TPSA) is 38.7 Å². The largest absolute Gasteiger partial charge is 0.487 e. The highest BCUT2D eigenvalue weighted by Gasteiger charge is 2.45. The number of aliphatic hydroxyl groups is 1. The summed E-state index contributed by atoms with van der Waals surface area (Å²) in [5, 5.41) is 10.3. The first-order chi connectivity index (χ1) is 8.58.